The number of rotatable bonds is 5. The molecule has 0 saturated heterocycles. The van der Waals surface area contributed by atoms with Crippen molar-refractivity contribution in [1.82, 2.24) is 9.97 Å². The van der Waals surface area contributed by atoms with Crippen molar-refractivity contribution in [3.05, 3.63) is 54.1 Å². The first-order valence-corrected chi connectivity index (χ1v) is 6.35. The van der Waals surface area contributed by atoms with Crippen molar-refractivity contribution in [2.45, 2.75) is 6.92 Å². The van der Waals surface area contributed by atoms with Crippen LogP contribution in [0.5, 0.6) is 5.88 Å². The molecule has 3 nitrogen and oxygen atoms in total. The molecule has 2 aromatic rings. The molecule has 2 heterocycles. The van der Waals surface area contributed by atoms with Gasteiger partial charge in [-0.2, -0.15) is 0 Å². The summed E-state index contributed by atoms with van der Waals surface area (Å²) in [6.07, 6.45) is 5.32. The zero-order chi connectivity index (χ0) is 13.0. The fraction of sp³-hybridized carbons (Fsp3) is 0.143. The third-order valence-corrected chi connectivity index (χ3v) is 3.20. The van der Waals surface area contributed by atoms with Gasteiger partial charge in [-0.05, 0) is 18.6 Å². The maximum Gasteiger partial charge on any atom is 0.215 e. The number of fused-ring (bicyclic) bond motifs is 1. The molecule has 2 rings (SSSR count). The molecule has 4 heteroatoms. The standard InChI is InChI=1S/C14H14N2OS/c1-4-6-11(5-2)9-17-13-8-7-12-14(16-13)18-10(3)15-12/h4-8H,1-2,9H2,3H3/b11-6+. The van der Waals surface area contributed by atoms with E-state index in [1.165, 1.54) is 0 Å². The quantitative estimate of drug-likeness (QED) is 0.767. The molecule has 0 saturated carbocycles. The van der Waals surface area contributed by atoms with E-state index in [-0.39, 0.29) is 0 Å². The van der Waals surface area contributed by atoms with Gasteiger partial charge in [0.25, 0.3) is 0 Å². The molecule has 0 aromatic carbocycles. The van der Waals surface area contributed by atoms with Crippen LogP contribution in [0.4, 0.5) is 0 Å². The summed E-state index contributed by atoms with van der Waals surface area (Å²) in [5.74, 6) is 0.600. The van der Waals surface area contributed by atoms with Crippen molar-refractivity contribution in [3.63, 3.8) is 0 Å². The lowest BCUT2D eigenvalue weighted by molar-refractivity contribution is 0.343. The van der Waals surface area contributed by atoms with E-state index < -0.39 is 0 Å². The van der Waals surface area contributed by atoms with Gasteiger partial charge in [-0.3, -0.25) is 0 Å². The summed E-state index contributed by atoms with van der Waals surface area (Å²) in [5.41, 5.74) is 1.88. The highest BCUT2D eigenvalue weighted by atomic mass is 32.1. The number of nitrogens with zero attached hydrogens (tertiary/aromatic N) is 2. The van der Waals surface area contributed by atoms with E-state index in [2.05, 4.69) is 23.1 Å². The first-order valence-electron chi connectivity index (χ1n) is 5.54. The number of hydrogen-bond donors (Lipinski definition) is 0. The van der Waals surface area contributed by atoms with Gasteiger partial charge in [0.1, 0.15) is 17.0 Å². The lowest BCUT2D eigenvalue weighted by Crippen LogP contribution is -2.00. The molecule has 0 radical (unpaired) electrons. The van der Waals surface area contributed by atoms with Crippen molar-refractivity contribution in [2.24, 2.45) is 0 Å². The lowest BCUT2D eigenvalue weighted by Gasteiger charge is -2.05. The van der Waals surface area contributed by atoms with Gasteiger partial charge in [0.15, 0.2) is 0 Å². The van der Waals surface area contributed by atoms with E-state index in [0.29, 0.717) is 12.5 Å². The van der Waals surface area contributed by atoms with Crippen LogP contribution in [0.3, 0.4) is 0 Å². The highest BCUT2D eigenvalue weighted by Crippen LogP contribution is 2.22. The minimum atomic E-state index is 0.436. The van der Waals surface area contributed by atoms with Crippen LogP contribution < -0.4 is 4.74 Å². The van der Waals surface area contributed by atoms with E-state index in [1.54, 1.807) is 23.5 Å². The Morgan fingerprint density at radius 1 is 1.39 bits per heavy atom. The highest BCUT2D eigenvalue weighted by molar-refractivity contribution is 7.18. The zero-order valence-corrected chi connectivity index (χ0v) is 11.0. The van der Waals surface area contributed by atoms with Crippen LogP contribution in [0.25, 0.3) is 10.3 Å². The number of ether oxygens (including phenoxy) is 1. The molecule has 0 aliphatic rings. The van der Waals surface area contributed by atoms with E-state index in [1.807, 2.05) is 25.1 Å². The Morgan fingerprint density at radius 3 is 2.94 bits per heavy atom. The summed E-state index contributed by atoms with van der Waals surface area (Å²) in [6, 6.07) is 3.75. The summed E-state index contributed by atoms with van der Waals surface area (Å²) in [6.45, 7) is 9.77. The summed E-state index contributed by atoms with van der Waals surface area (Å²) < 4.78 is 5.61. The Hall–Kier alpha value is -1.94. The van der Waals surface area contributed by atoms with Crippen molar-refractivity contribution >= 4 is 21.7 Å². The van der Waals surface area contributed by atoms with E-state index >= 15 is 0 Å². The first-order chi connectivity index (χ1) is 8.72. The van der Waals surface area contributed by atoms with Crippen molar-refractivity contribution < 1.29 is 4.74 Å². The van der Waals surface area contributed by atoms with Crippen LogP contribution in [0.15, 0.2) is 49.1 Å². The van der Waals surface area contributed by atoms with Gasteiger partial charge in [-0.1, -0.05) is 42.7 Å². The second-order valence-electron chi connectivity index (χ2n) is 3.68. The smallest absolute Gasteiger partial charge is 0.215 e. The average Bonchev–Trinajstić information content (AvgIpc) is 2.73. The second-order valence-corrected chi connectivity index (χ2v) is 4.86. The summed E-state index contributed by atoms with van der Waals surface area (Å²) in [5, 5.41) is 1.01. The van der Waals surface area contributed by atoms with Crippen LogP contribution in [0.1, 0.15) is 5.01 Å². The highest BCUT2D eigenvalue weighted by Gasteiger charge is 2.04. The summed E-state index contributed by atoms with van der Waals surface area (Å²) >= 11 is 1.56. The van der Waals surface area contributed by atoms with Crippen LogP contribution in [0, 0.1) is 6.92 Å². The molecule has 0 atom stereocenters. The molecule has 18 heavy (non-hydrogen) atoms. The molecule has 92 valence electrons. The van der Waals surface area contributed by atoms with Crippen molar-refractivity contribution in [2.75, 3.05) is 6.61 Å². The van der Waals surface area contributed by atoms with Crippen LogP contribution in [-0.4, -0.2) is 16.6 Å². The van der Waals surface area contributed by atoms with Gasteiger partial charge >= 0.3 is 0 Å². The maximum atomic E-state index is 5.61. The lowest BCUT2D eigenvalue weighted by atomic mass is 10.2. The molecule has 0 amide bonds. The van der Waals surface area contributed by atoms with Gasteiger partial charge in [0, 0.05) is 6.07 Å². The molecular formula is C14H14N2OS. The molecule has 0 aliphatic heterocycles. The topological polar surface area (TPSA) is 35.0 Å². The van der Waals surface area contributed by atoms with Crippen LogP contribution >= 0.6 is 11.3 Å². The minimum Gasteiger partial charge on any atom is -0.473 e. The SMILES string of the molecule is C=C/C=C(\C=C)COc1ccc2nc(C)sc2n1. The first kappa shape index (κ1) is 12.5. The van der Waals surface area contributed by atoms with Crippen LogP contribution in [-0.2, 0) is 0 Å². The zero-order valence-electron chi connectivity index (χ0n) is 10.2. The van der Waals surface area contributed by atoms with Crippen LogP contribution in [0.2, 0.25) is 0 Å². The predicted octanol–water partition coefficient (Wildman–Crippen LogP) is 3.68. The summed E-state index contributed by atoms with van der Waals surface area (Å²) in [4.78, 5) is 9.66. The third-order valence-electron chi connectivity index (χ3n) is 2.32. The Bertz CT molecular complexity index is 613. The fourth-order valence-corrected chi connectivity index (χ4v) is 2.25. The molecule has 2 aromatic heterocycles. The molecular weight excluding hydrogens is 244 g/mol. The van der Waals surface area contributed by atoms with E-state index in [4.69, 9.17) is 4.74 Å². The van der Waals surface area contributed by atoms with Crippen molar-refractivity contribution in [1.29, 1.82) is 0 Å². The monoisotopic (exact) mass is 258 g/mol. The number of thiazole rings is 1. The Balaban J connectivity index is 2.14. The predicted molar refractivity (Wildman–Crippen MR) is 76.1 cm³/mol. The van der Waals surface area contributed by atoms with Gasteiger partial charge in [0.05, 0.1) is 5.01 Å². The number of pyridine rings is 1. The molecule has 0 unspecified atom stereocenters. The minimum absolute atomic E-state index is 0.436. The molecule has 0 fully saturated rings. The van der Waals surface area contributed by atoms with E-state index in [9.17, 15) is 0 Å². The fourth-order valence-electron chi connectivity index (χ4n) is 1.47. The maximum absolute atomic E-state index is 5.61. The second kappa shape index (κ2) is 5.60. The van der Waals surface area contributed by atoms with Gasteiger partial charge < -0.3 is 4.74 Å². The normalized spacial score (nSPS) is 11.5. The van der Waals surface area contributed by atoms with Crippen molar-refractivity contribution in [3.8, 4) is 5.88 Å². The van der Waals surface area contributed by atoms with Gasteiger partial charge in [0.2, 0.25) is 5.88 Å². The molecule has 0 spiro atoms. The number of hydrogen-bond acceptors (Lipinski definition) is 4. The Labute approximate surface area is 110 Å². The third kappa shape index (κ3) is 2.84. The number of aromatic nitrogens is 2. The van der Waals surface area contributed by atoms with E-state index in [0.717, 1.165) is 20.9 Å². The molecule has 0 bridgehead atoms. The average molecular weight is 258 g/mol. The number of aryl methyl sites for hydroxylation is 1. The van der Waals surface area contributed by atoms with Gasteiger partial charge in [-0.25, -0.2) is 9.97 Å². The molecule has 0 N–H and O–H groups in total. The summed E-state index contributed by atoms with van der Waals surface area (Å²) in [7, 11) is 0. The van der Waals surface area contributed by atoms with Gasteiger partial charge in [-0.15, -0.1) is 0 Å². The Kier molecular flexibility index (Phi) is 3.89. The Morgan fingerprint density at radius 2 is 2.22 bits per heavy atom. The molecule has 0 aliphatic carbocycles. The number of allylic oxidation sites excluding steroid dienone is 2. The largest absolute Gasteiger partial charge is 0.473 e.